The number of hydrogen-bond donors (Lipinski definition) is 0. The van der Waals surface area contributed by atoms with Crippen LogP contribution >= 0.6 is 0 Å². The van der Waals surface area contributed by atoms with Gasteiger partial charge in [0, 0.05) is 19.6 Å². The summed E-state index contributed by atoms with van der Waals surface area (Å²) in [5.41, 5.74) is 0. The second kappa shape index (κ2) is 3.67. The minimum Gasteiger partial charge on any atom is -0.379 e. The molecule has 2 heteroatoms. The maximum Gasteiger partial charge on any atom is 0.0594 e. The molecule has 1 heterocycles. The van der Waals surface area contributed by atoms with Crippen LogP contribution in [0.2, 0.25) is 0 Å². The van der Waals surface area contributed by atoms with Crippen molar-refractivity contribution in [2.75, 3.05) is 32.8 Å². The van der Waals surface area contributed by atoms with Crippen molar-refractivity contribution >= 4 is 0 Å². The van der Waals surface area contributed by atoms with Gasteiger partial charge in [-0.15, -0.1) is 0 Å². The summed E-state index contributed by atoms with van der Waals surface area (Å²) in [6.07, 6.45) is 7.77. The minimum atomic E-state index is 0.905. The predicted molar refractivity (Wildman–Crippen MR) is 56.1 cm³/mol. The molecule has 1 aliphatic heterocycles. The first-order valence-corrected chi connectivity index (χ1v) is 5.90. The third-order valence-corrected chi connectivity index (χ3v) is 4.01. The lowest BCUT2D eigenvalue weighted by molar-refractivity contribution is 0.0288. The van der Waals surface area contributed by atoms with Gasteiger partial charge in [0.1, 0.15) is 0 Å². The second-order valence-electron chi connectivity index (χ2n) is 4.95. The van der Waals surface area contributed by atoms with Gasteiger partial charge >= 0.3 is 0 Å². The van der Waals surface area contributed by atoms with Gasteiger partial charge in [0.2, 0.25) is 0 Å². The molecule has 2 bridgehead atoms. The molecule has 1 saturated heterocycles. The highest BCUT2D eigenvalue weighted by atomic mass is 16.5. The number of allylic oxidation sites excluding steroid dienone is 2. The Labute approximate surface area is 85.9 Å². The zero-order valence-electron chi connectivity index (χ0n) is 8.69. The van der Waals surface area contributed by atoms with E-state index in [2.05, 4.69) is 17.1 Å². The van der Waals surface area contributed by atoms with Gasteiger partial charge in [0.05, 0.1) is 13.2 Å². The molecule has 2 aliphatic carbocycles. The van der Waals surface area contributed by atoms with E-state index in [1.165, 1.54) is 19.4 Å². The molecule has 0 N–H and O–H groups in total. The molecular formula is C12H19NO. The fraction of sp³-hybridized carbons (Fsp3) is 0.833. The van der Waals surface area contributed by atoms with Gasteiger partial charge < -0.3 is 4.74 Å². The molecule has 3 atom stereocenters. The predicted octanol–water partition coefficient (Wildman–Crippen LogP) is 1.53. The minimum absolute atomic E-state index is 0.905. The third kappa shape index (κ3) is 1.61. The highest BCUT2D eigenvalue weighted by molar-refractivity contribution is 5.10. The Morgan fingerprint density at radius 1 is 1.14 bits per heavy atom. The van der Waals surface area contributed by atoms with E-state index in [0.29, 0.717) is 0 Å². The highest BCUT2D eigenvalue weighted by Crippen LogP contribution is 2.43. The Morgan fingerprint density at radius 2 is 2.00 bits per heavy atom. The van der Waals surface area contributed by atoms with Crippen LogP contribution in [0.4, 0.5) is 0 Å². The molecule has 2 fully saturated rings. The molecule has 3 unspecified atom stereocenters. The van der Waals surface area contributed by atoms with Gasteiger partial charge in [-0.1, -0.05) is 12.2 Å². The summed E-state index contributed by atoms with van der Waals surface area (Å²) < 4.78 is 5.37. The summed E-state index contributed by atoms with van der Waals surface area (Å²) in [5.74, 6) is 2.77. The van der Waals surface area contributed by atoms with E-state index in [9.17, 15) is 0 Å². The third-order valence-electron chi connectivity index (χ3n) is 4.01. The van der Waals surface area contributed by atoms with Gasteiger partial charge in [0.25, 0.3) is 0 Å². The SMILES string of the molecule is C1=CC2CC1CC2CN1CCOCC1. The molecule has 2 nitrogen and oxygen atoms in total. The highest BCUT2D eigenvalue weighted by Gasteiger charge is 2.36. The Bertz CT molecular complexity index is 232. The number of fused-ring (bicyclic) bond motifs is 2. The monoisotopic (exact) mass is 193 g/mol. The lowest BCUT2D eigenvalue weighted by atomic mass is 9.93. The summed E-state index contributed by atoms with van der Waals surface area (Å²) in [4.78, 5) is 2.59. The van der Waals surface area contributed by atoms with E-state index in [-0.39, 0.29) is 0 Å². The van der Waals surface area contributed by atoms with Gasteiger partial charge in [0.15, 0.2) is 0 Å². The zero-order chi connectivity index (χ0) is 9.38. The first kappa shape index (κ1) is 8.93. The molecule has 0 radical (unpaired) electrons. The largest absolute Gasteiger partial charge is 0.379 e. The van der Waals surface area contributed by atoms with E-state index in [0.717, 1.165) is 44.1 Å². The number of hydrogen-bond acceptors (Lipinski definition) is 2. The second-order valence-corrected chi connectivity index (χ2v) is 4.95. The number of rotatable bonds is 2. The normalized spacial score (nSPS) is 42.1. The first-order chi connectivity index (χ1) is 6.92. The number of nitrogens with zero attached hydrogens (tertiary/aromatic N) is 1. The van der Waals surface area contributed by atoms with Crippen molar-refractivity contribution < 1.29 is 4.74 Å². The van der Waals surface area contributed by atoms with E-state index in [1.807, 2.05) is 0 Å². The van der Waals surface area contributed by atoms with Crippen LogP contribution in [-0.2, 0) is 4.74 Å². The van der Waals surface area contributed by atoms with Crippen molar-refractivity contribution in [3.05, 3.63) is 12.2 Å². The summed E-state index contributed by atoms with van der Waals surface area (Å²) in [6.45, 7) is 5.50. The Balaban J connectivity index is 1.54. The summed E-state index contributed by atoms with van der Waals surface area (Å²) in [7, 11) is 0. The van der Waals surface area contributed by atoms with E-state index < -0.39 is 0 Å². The molecule has 1 saturated carbocycles. The molecule has 3 rings (SSSR count). The van der Waals surface area contributed by atoms with Crippen LogP contribution in [0.15, 0.2) is 12.2 Å². The van der Waals surface area contributed by atoms with Gasteiger partial charge in [-0.2, -0.15) is 0 Å². The average Bonchev–Trinajstić information content (AvgIpc) is 2.81. The van der Waals surface area contributed by atoms with Crippen LogP contribution in [0.1, 0.15) is 12.8 Å². The summed E-state index contributed by atoms with van der Waals surface area (Å²) >= 11 is 0. The summed E-state index contributed by atoms with van der Waals surface area (Å²) in [6, 6.07) is 0. The van der Waals surface area contributed by atoms with Crippen LogP contribution in [0.3, 0.4) is 0 Å². The van der Waals surface area contributed by atoms with Crippen molar-refractivity contribution in [1.29, 1.82) is 0 Å². The quantitative estimate of drug-likeness (QED) is 0.617. The summed E-state index contributed by atoms with van der Waals surface area (Å²) in [5, 5.41) is 0. The Kier molecular flexibility index (Phi) is 2.34. The molecule has 0 spiro atoms. The topological polar surface area (TPSA) is 12.5 Å². The number of morpholine rings is 1. The molecular weight excluding hydrogens is 174 g/mol. The van der Waals surface area contributed by atoms with Crippen molar-refractivity contribution in [3.63, 3.8) is 0 Å². The van der Waals surface area contributed by atoms with Crippen LogP contribution in [-0.4, -0.2) is 37.7 Å². The standard InChI is InChI=1S/C12H19NO/c1-2-11-7-10(1)8-12(11)9-13-3-5-14-6-4-13/h1-2,10-12H,3-9H2. The van der Waals surface area contributed by atoms with Crippen LogP contribution in [0.5, 0.6) is 0 Å². The molecule has 0 aromatic carbocycles. The maximum atomic E-state index is 5.37. The first-order valence-electron chi connectivity index (χ1n) is 5.90. The smallest absolute Gasteiger partial charge is 0.0594 e. The molecule has 3 aliphatic rings. The van der Waals surface area contributed by atoms with Crippen LogP contribution < -0.4 is 0 Å². The van der Waals surface area contributed by atoms with Crippen molar-refractivity contribution in [1.82, 2.24) is 4.90 Å². The lowest BCUT2D eigenvalue weighted by Crippen LogP contribution is -2.40. The molecule has 0 aromatic heterocycles. The van der Waals surface area contributed by atoms with E-state index >= 15 is 0 Å². The van der Waals surface area contributed by atoms with E-state index in [4.69, 9.17) is 4.74 Å². The van der Waals surface area contributed by atoms with Crippen LogP contribution in [0.25, 0.3) is 0 Å². The van der Waals surface area contributed by atoms with Crippen LogP contribution in [0, 0.1) is 17.8 Å². The Morgan fingerprint density at radius 3 is 2.64 bits per heavy atom. The van der Waals surface area contributed by atoms with Gasteiger partial charge in [-0.3, -0.25) is 4.90 Å². The molecule has 0 aromatic rings. The van der Waals surface area contributed by atoms with E-state index in [1.54, 1.807) is 0 Å². The van der Waals surface area contributed by atoms with Crippen molar-refractivity contribution in [3.8, 4) is 0 Å². The van der Waals surface area contributed by atoms with Crippen molar-refractivity contribution in [2.45, 2.75) is 12.8 Å². The zero-order valence-corrected chi connectivity index (χ0v) is 8.69. The fourth-order valence-electron chi connectivity index (χ4n) is 3.22. The lowest BCUT2D eigenvalue weighted by Gasteiger charge is -2.31. The average molecular weight is 193 g/mol. The van der Waals surface area contributed by atoms with Crippen molar-refractivity contribution in [2.24, 2.45) is 17.8 Å². The molecule has 78 valence electrons. The Hall–Kier alpha value is -0.340. The fourth-order valence-corrected chi connectivity index (χ4v) is 3.22. The molecule has 14 heavy (non-hydrogen) atoms. The maximum absolute atomic E-state index is 5.37. The van der Waals surface area contributed by atoms with Gasteiger partial charge in [-0.05, 0) is 30.6 Å². The molecule has 0 amide bonds. The van der Waals surface area contributed by atoms with Gasteiger partial charge in [-0.25, -0.2) is 0 Å². The number of ether oxygens (including phenoxy) is 1.